The van der Waals surface area contributed by atoms with Gasteiger partial charge in [-0.15, -0.1) is 0 Å². The monoisotopic (exact) mass is 437 g/mol. The minimum absolute atomic E-state index is 0.0639. The first-order valence-electron chi connectivity index (χ1n) is 8.11. The van der Waals surface area contributed by atoms with E-state index in [0.29, 0.717) is 4.47 Å². The summed E-state index contributed by atoms with van der Waals surface area (Å²) in [7, 11) is 0. The van der Waals surface area contributed by atoms with E-state index >= 15 is 0 Å². The summed E-state index contributed by atoms with van der Waals surface area (Å²) in [6.45, 7) is 3.58. The van der Waals surface area contributed by atoms with Gasteiger partial charge in [-0.2, -0.15) is 0 Å². The number of anilines is 1. The lowest BCUT2D eigenvalue weighted by molar-refractivity contribution is 0.0525. The Bertz CT molecular complexity index is 848. The maximum absolute atomic E-state index is 14.0. The van der Waals surface area contributed by atoms with E-state index < -0.39 is 23.7 Å². The van der Waals surface area contributed by atoms with E-state index in [0.717, 1.165) is 6.07 Å². The first-order valence-corrected chi connectivity index (χ1v) is 8.90. The number of nitrogens with one attached hydrogen (secondary N) is 1. The zero-order valence-electron chi connectivity index (χ0n) is 14.7. The molecule has 0 radical (unpaired) electrons. The molecule has 8 heteroatoms. The Hall–Kier alpha value is -2.74. The van der Waals surface area contributed by atoms with Gasteiger partial charge < -0.3 is 14.8 Å². The molecule has 0 heterocycles. The average Bonchev–Trinajstić information content (AvgIpc) is 2.61. The van der Waals surface area contributed by atoms with Gasteiger partial charge in [0.05, 0.1) is 29.9 Å². The number of hydrogen-bond donors (Lipinski definition) is 1. The summed E-state index contributed by atoms with van der Waals surface area (Å²) in [6, 6.07) is 8.00. The molecule has 0 bridgehead atoms. The van der Waals surface area contributed by atoms with Gasteiger partial charge in [-0.1, -0.05) is 15.9 Å². The molecule has 0 spiro atoms. The van der Waals surface area contributed by atoms with Crippen molar-refractivity contribution in [2.75, 3.05) is 18.5 Å². The van der Waals surface area contributed by atoms with E-state index in [2.05, 4.69) is 21.2 Å². The van der Waals surface area contributed by atoms with Gasteiger partial charge in [-0.05, 0) is 50.2 Å². The Kier molecular flexibility index (Phi) is 7.06. The molecule has 0 saturated carbocycles. The van der Waals surface area contributed by atoms with Crippen molar-refractivity contribution in [3.63, 3.8) is 0 Å². The van der Waals surface area contributed by atoms with E-state index in [1.165, 1.54) is 30.3 Å². The van der Waals surface area contributed by atoms with Crippen LogP contribution in [0.2, 0.25) is 0 Å². The van der Waals surface area contributed by atoms with E-state index in [-0.39, 0.29) is 35.6 Å². The first kappa shape index (κ1) is 20.6. The van der Waals surface area contributed by atoms with Crippen LogP contribution in [0.1, 0.15) is 44.9 Å². The Morgan fingerprint density at radius 3 is 2.00 bits per heavy atom. The summed E-state index contributed by atoms with van der Waals surface area (Å²) in [6.07, 6.45) is 0. The summed E-state index contributed by atoms with van der Waals surface area (Å²) in [5.41, 5.74) is 0.0799. The Morgan fingerprint density at radius 1 is 0.963 bits per heavy atom. The molecule has 2 aromatic rings. The van der Waals surface area contributed by atoms with Crippen molar-refractivity contribution in [2.24, 2.45) is 0 Å². The Labute approximate surface area is 163 Å². The number of amides is 1. The van der Waals surface area contributed by atoms with Crippen LogP contribution in [0.25, 0.3) is 0 Å². The highest BCUT2D eigenvalue weighted by Crippen LogP contribution is 2.20. The number of esters is 2. The second-order valence-corrected chi connectivity index (χ2v) is 6.23. The van der Waals surface area contributed by atoms with Gasteiger partial charge in [0.1, 0.15) is 5.82 Å². The van der Waals surface area contributed by atoms with Crippen molar-refractivity contribution in [2.45, 2.75) is 13.8 Å². The van der Waals surface area contributed by atoms with Crippen LogP contribution in [-0.4, -0.2) is 31.1 Å². The zero-order valence-corrected chi connectivity index (χ0v) is 16.3. The molecule has 6 nitrogen and oxygen atoms in total. The molecule has 0 aliphatic rings. The largest absolute Gasteiger partial charge is 0.462 e. The van der Waals surface area contributed by atoms with Crippen molar-refractivity contribution in [3.8, 4) is 0 Å². The maximum atomic E-state index is 14.0. The maximum Gasteiger partial charge on any atom is 0.338 e. The average molecular weight is 438 g/mol. The van der Waals surface area contributed by atoms with E-state index in [1.54, 1.807) is 13.8 Å². The fourth-order valence-corrected chi connectivity index (χ4v) is 2.57. The lowest BCUT2D eigenvalue weighted by atomic mass is 10.1. The second kappa shape index (κ2) is 9.27. The van der Waals surface area contributed by atoms with Crippen LogP contribution >= 0.6 is 15.9 Å². The molecule has 0 unspecified atom stereocenters. The molecular weight excluding hydrogens is 421 g/mol. The third-order valence-corrected chi connectivity index (χ3v) is 3.88. The van der Waals surface area contributed by atoms with Crippen molar-refractivity contribution in [1.82, 2.24) is 0 Å². The molecule has 0 fully saturated rings. The summed E-state index contributed by atoms with van der Waals surface area (Å²) < 4.78 is 24.3. The van der Waals surface area contributed by atoms with Gasteiger partial charge in [0.25, 0.3) is 5.91 Å². The van der Waals surface area contributed by atoms with Crippen molar-refractivity contribution in [1.29, 1.82) is 0 Å². The van der Waals surface area contributed by atoms with Gasteiger partial charge in [0.15, 0.2) is 0 Å². The van der Waals surface area contributed by atoms with Gasteiger partial charge in [-0.3, -0.25) is 4.79 Å². The van der Waals surface area contributed by atoms with Crippen LogP contribution in [0.5, 0.6) is 0 Å². The van der Waals surface area contributed by atoms with Crippen molar-refractivity contribution in [3.05, 3.63) is 63.4 Å². The fourth-order valence-electron chi connectivity index (χ4n) is 2.24. The molecule has 0 saturated heterocycles. The van der Waals surface area contributed by atoms with Crippen LogP contribution < -0.4 is 5.32 Å². The Morgan fingerprint density at radius 2 is 1.52 bits per heavy atom. The summed E-state index contributed by atoms with van der Waals surface area (Å²) in [5, 5.41) is 2.48. The summed E-state index contributed by atoms with van der Waals surface area (Å²) in [4.78, 5) is 36.4. The van der Waals surface area contributed by atoms with Crippen molar-refractivity contribution < 1.29 is 28.2 Å². The lowest BCUT2D eigenvalue weighted by Gasteiger charge is -2.11. The summed E-state index contributed by atoms with van der Waals surface area (Å²) >= 11 is 3.12. The number of carbonyl (C=O) groups excluding carboxylic acids is 3. The third kappa shape index (κ3) is 5.37. The normalized spacial score (nSPS) is 10.2. The quantitative estimate of drug-likeness (QED) is 0.684. The SMILES string of the molecule is CCOC(=O)c1cc(NC(=O)c2ccc(Br)cc2F)cc(C(=O)OCC)c1. The number of carbonyl (C=O) groups is 3. The van der Waals surface area contributed by atoms with Gasteiger partial charge >= 0.3 is 11.9 Å². The zero-order chi connectivity index (χ0) is 20.0. The third-order valence-electron chi connectivity index (χ3n) is 3.39. The molecule has 0 aliphatic carbocycles. The molecule has 1 N–H and O–H groups in total. The highest BCUT2D eigenvalue weighted by Gasteiger charge is 2.17. The summed E-state index contributed by atoms with van der Waals surface area (Å²) in [5.74, 6) is -2.76. The van der Waals surface area contributed by atoms with Crippen LogP contribution in [0.15, 0.2) is 40.9 Å². The van der Waals surface area contributed by atoms with Crippen LogP contribution in [0, 0.1) is 5.82 Å². The van der Waals surface area contributed by atoms with E-state index in [9.17, 15) is 18.8 Å². The fraction of sp³-hybridized carbons (Fsp3) is 0.211. The van der Waals surface area contributed by atoms with Crippen LogP contribution in [-0.2, 0) is 9.47 Å². The minimum atomic E-state index is -0.726. The van der Waals surface area contributed by atoms with Crippen molar-refractivity contribution >= 4 is 39.5 Å². The molecule has 1 amide bonds. The highest BCUT2D eigenvalue weighted by atomic mass is 79.9. The number of rotatable bonds is 6. The smallest absolute Gasteiger partial charge is 0.338 e. The molecule has 2 aromatic carbocycles. The number of benzene rings is 2. The molecule has 142 valence electrons. The molecule has 2 rings (SSSR count). The Balaban J connectivity index is 2.37. The second-order valence-electron chi connectivity index (χ2n) is 5.32. The van der Waals surface area contributed by atoms with Crippen LogP contribution in [0.4, 0.5) is 10.1 Å². The number of halogens is 2. The molecule has 27 heavy (non-hydrogen) atoms. The molecular formula is C19H17BrFNO5. The first-order chi connectivity index (χ1) is 12.8. The molecule has 0 atom stereocenters. The molecule has 0 aromatic heterocycles. The number of hydrogen-bond acceptors (Lipinski definition) is 5. The predicted molar refractivity (Wildman–Crippen MR) is 100 cm³/mol. The van der Waals surface area contributed by atoms with E-state index in [1.807, 2.05) is 0 Å². The predicted octanol–water partition coefficient (Wildman–Crippen LogP) is 4.19. The molecule has 0 aliphatic heterocycles. The van der Waals surface area contributed by atoms with Gasteiger partial charge in [0.2, 0.25) is 0 Å². The number of ether oxygens (including phenoxy) is 2. The minimum Gasteiger partial charge on any atom is -0.462 e. The van der Waals surface area contributed by atoms with Gasteiger partial charge in [0, 0.05) is 10.2 Å². The lowest BCUT2D eigenvalue weighted by Crippen LogP contribution is -2.16. The standard InChI is InChI=1S/C19H17BrFNO5/c1-3-26-18(24)11-7-12(19(25)27-4-2)9-14(8-11)22-17(23)15-6-5-13(20)10-16(15)21/h5-10H,3-4H2,1-2H3,(H,22,23). The van der Waals surface area contributed by atoms with Crippen LogP contribution in [0.3, 0.4) is 0 Å². The van der Waals surface area contributed by atoms with E-state index in [4.69, 9.17) is 9.47 Å². The van der Waals surface area contributed by atoms with Gasteiger partial charge in [-0.25, -0.2) is 14.0 Å². The topological polar surface area (TPSA) is 81.7 Å². The highest BCUT2D eigenvalue weighted by molar-refractivity contribution is 9.10.